The topological polar surface area (TPSA) is 41.1 Å². The van der Waals surface area contributed by atoms with Gasteiger partial charge in [0.2, 0.25) is 0 Å². The summed E-state index contributed by atoms with van der Waals surface area (Å²) in [7, 11) is 0. The Hall–Kier alpha value is -2.29. The Morgan fingerprint density at radius 2 is 1.71 bits per heavy atom. The molecule has 0 aliphatic heterocycles. The molecule has 0 saturated carbocycles. The third-order valence-electron chi connectivity index (χ3n) is 3.31. The first kappa shape index (κ1) is 15.1. The molecule has 2 N–H and O–H groups in total. The lowest BCUT2D eigenvalue weighted by molar-refractivity contribution is 0.0954. The van der Waals surface area contributed by atoms with Crippen molar-refractivity contribution in [1.82, 2.24) is 5.32 Å². The van der Waals surface area contributed by atoms with Crippen molar-refractivity contribution in [2.75, 3.05) is 11.9 Å². The minimum absolute atomic E-state index is 0.0142. The number of hydrogen-bond donors (Lipinski definition) is 2. The lowest BCUT2D eigenvalue weighted by Gasteiger charge is -2.12. The summed E-state index contributed by atoms with van der Waals surface area (Å²) in [6, 6.07) is 17.8. The zero-order valence-electron chi connectivity index (χ0n) is 12.4. The van der Waals surface area contributed by atoms with Crippen LogP contribution in [0.4, 0.5) is 5.69 Å². The van der Waals surface area contributed by atoms with E-state index in [-0.39, 0.29) is 5.91 Å². The number of carbonyl (C=O) groups is 1. The van der Waals surface area contributed by atoms with Gasteiger partial charge in [0.15, 0.2) is 0 Å². The molecule has 2 aromatic rings. The van der Waals surface area contributed by atoms with Crippen LogP contribution in [-0.4, -0.2) is 12.5 Å². The average Bonchev–Trinajstić information content (AvgIpc) is 2.54. The molecule has 0 unspecified atom stereocenters. The van der Waals surface area contributed by atoms with Gasteiger partial charge in [-0.1, -0.05) is 55.8 Å². The van der Waals surface area contributed by atoms with E-state index in [2.05, 4.69) is 29.7 Å². The molecule has 0 spiro atoms. The molecule has 110 valence electrons. The van der Waals surface area contributed by atoms with Crippen LogP contribution in [0, 0.1) is 0 Å². The quantitative estimate of drug-likeness (QED) is 0.758. The van der Waals surface area contributed by atoms with Crippen LogP contribution in [0.15, 0.2) is 54.6 Å². The lowest BCUT2D eigenvalue weighted by Crippen LogP contribution is -2.25. The largest absolute Gasteiger partial charge is 0.380 e. The second kappa shape index (κ2) is 8.10. The molecule has 0 fully saturated rings. The standard InChI is InChI=1S/C18H22N2O/c1-2-3-13-19-18(21)16-11-7-8-12-17(16)20-14-15-9-5-4-6-10-15/h4-12,20H,2-3,13-14H2,1H3,(H,19,21). The maximum atomic E-state index is 12.2. The second-order valence-corrected chi connectivity index (χ2v) is 4.99. The molecule has 0 aliphatic rings. The molecule has 0 heterocycles. The molecule has 2 aromatic carbocycles. The fraction of sp³-hybridized carbons (Fsp3) is 0.278. The monoisotopic (exact) mass is 282 g/mol. The van der Waals surface area contributed by atoms with Gasteiger partial charge in [-0.3, -0.25) is 4.79 Å². The highest BCUT2D eigenvalue weighted by molar-refractivity contribution is 5.99. The predicted octanol–water partition coefficient (Wildman–Crippen LogP) is 3.83. The van der Waals surface area contributed by atoms with E-state index in [0.29, 0.717) is 12.1 Å². The Kier molecular flexibility index (Phi) is 5.83. The van der Waals surface area contributed by atoms with Crippen molar-refractivity contribution >= 4 is 11.6 Å². The second-order valence-electron chi connectivity index (χ2n) is 4.99. The van der Waals surface area contributed by atoms with Crippen LogP contribution in [0.5, 0.6) is 0 Å². The summed E-state index contributed by atoms with van der Waals surface area (Å²) in [6.07, 6.45) is 2.08. The lowest BCUT2D eigenvalue weighted by atomic mass is 10.1. The van der Waals surface area contributed by atoms with Crippen LogP contribution in [-0.2, 0) is 6.54 Å². The zero-order valence-corrected chi connectivity index (χ0v) is 12.4. The molecule has 0 atom stereocenters. The Balaban J connectivity index is 2.01. The van der Waals surface area contributed by atoms with Gasteiger partial charge in [-0.2, -0.15) is 0 Å². The minimum atomic E-state index is -0.0142. The van der Waals surface area contributed by atoms with Gasteiger partial charge in [-0.25, -0.2) is 0 Å². The number of amides is 1. The number of unbranched alkanes of at least 4 members (excludes halogenated alkanes) is 1. The van der Waals surface area contributed by atoms with Crippen molar-refractivity contribution in [1.29, 1.82) is 0 Å². The fourth-order valence-electron chi connectivity index (χ4n) is 2.10. The highest BCUT2D eigenvalue weighted by Gasteiger charge is 2.09. The van der Waals surface area contributed by atoms with Crippen LogP contribution in [0.3, 0.4) is 0 Å². The Morgan fingerprint density at radius 1 is 1.00 bits per heavy atom. The van der Waals surface area contributed by atoms with Crippen molar-refractivity contribution in [3.8, 4) is 0 Å². The van der Waals surface area contributed by atoms with Crippen LogP contribution in [0.2, 0.25) is 0 Å². The molecular weight excluding hydrogens is 260 g/mol. The smallest absolute Gasteiger partial charge is 0.253 e. The van der Waals surface area contributed by atoms with Crippen molar-refractivity contribution in [3.63, 3.8) is 0 Å². The number of benzene rings is 2. The van der Waals surface area contributed by atoms with E-state index in [0.717, 1.165) is 25.1 Å². The zero-order chi connectivity index (χ0) is 14.9. The number of carbonyl (C=O) groups excluding carboxylic acids is 1. The molecule has 3 nitrogen and oxygen atoms in total. The van der Waals surface area contributed by atoms with Gasteiger partial charge in [0.1, 0.15) is 0 Å². The molecule has 0 aliphatic carbocycles. The van der Waals surface area contributed by atoms with Crippen molar-refractivity contribution in [2.45, 2.75) is 26.3 Å². The summed E-state index contributed by atoms with van der Waals surface area (Å²) in [5.74, 6) is -0.0142. The Bertz CT molecular complexity index is 566. The summed E-state index contributed by atoms with van der Waals surface area (Å²) in [5, 5.41) is 6.30. The van der Waals surface area contributed by atoms with Crippen molar-refractivity contribution < 1.29 is 4.79 Å². The summed E-state index contributed by atoms with van der Waals surface area (Å²) < 4.78 is 0. The van der Waals surface area contributed by atoms with E-state index in [1.165, 1.54) is 5.56 Å². The Labute approximate surface area is 126 Å². The summed E-state index contributed by atoms with van der Waals surface area (Å²) in [4.78, 5) is 12.2. The van der Waals surface area contributed by atoms with Gasteiger partial charge < -0.3 is 10.6 Å². The summed E-state index contributed by atoms with van der Waals surface area (Å²) in [6.45, 7) is 3.55. The molecular formula is C18H22N2O. The maximum absolute atomic E-state index is 12.2. The van der Waals surface area contributed by atoms with E-state index >= 15 is 0 Å². The first-order valence-corrected chi connectivity index (χ1v) is 7.46. The first-order chi connectivity index (χ1) is 10.3. The number of anilines is 1. The van der Waals surface area contributed by atoms with Gasteiger partial charge in [-0.15, -0.1) is 0 Å². The van der Waals surface area contributed by atoms with Crippen LogP contribution < -0.4 is 10.6 Å². The molecule has 0 aromatic heterocycles. The van der Waals surface area contributed by atoms with Crippen molar-refractivity contribution in [2.24, 2.45) is 0 Å². The first-order valence-electron chi connectivity index (χ1n) is 7.46. The summed E-state index contributed by atoms with van der Waals surface area (Å²) >= 11 is 0. The van der Waals surface area contributed by atoms with E-state index in [1.54, 1.807) is 0 Å². The molecule has 0 radical (unpaired) electrons. The van der Waals surface area contributed by atoms with E-state index in [1.807, 2.05) is 42.5 Å². The third kappa shape index (κ3) is 4.63. The van der Waals surface area contributed by atoms with Crippen LogP contribution in [0.1, 0.15) is 35.7 Å². The molecule has 1 amide bonds. The predicted molar refractivity (Wildman–Crippen MR) is 87.5 cm³/mol. The molecule has 2 rings (SSSR count). The van der Waals surface area contributed by atoms with Gasteiger partial charge >= 0.3 is 0 Å². The SMILES string of the molecule is CCCCNC(=O)c1ccccc1NCc1ccccc1. The highest BCUT2D eigenvalue weighted by Crippen LogP contribution is 2.16. The van der Waals surface area contributed by atoms with Crippen LogP contribution in [0.25, 0.3) is 0 Å². The minimum Gasteiger partial charge on any atom is -0.380 e. The number of hydrogen-bond acceptors (Lipinski definition) is 2. The van der Waals surface area contributed by atoms with Crippen LogP contribution >= 0.6 is 0 Å². The maximum Gasteiger partial charge on any atom is 0.253 e. The third-order valence-corrected chi connectivity index (χ3v) is 3.31. The fourth-order valence-corrected chi connectivity index (χ4v) is 2.10. The number of rotatable bonds is 7. The van der Waals surface area contributed by atoms with E-state index < -0.39 is 0 Å². The summed E-state index contributed by atoms with van der Waals surface area (Å²) in [5.41, 5.74) is 2.76. The average molecular weight is 282 g/mol. The van der Waals surface area contributed by atoms with Gasteiger partial charge in [0, 0.05) is 18.8 Å². The van der Waals surface area contributed by atoms with Gasteiger partial charge in [-0.05, 0) is 24.1 Å². The Morgan fingerprint density at radius 3 is 2.48 bits per heavy atom. The van der Waals surface area contributed by atoms with Gasteiger partial charge in [0.25, 0.3) is 5.91 Å². The van der Waals surface area contributed by atoms with E-state index in [9.17, 15) is 4.79 Å². The number of para-hydroxylation sites is 1. The molecule has 0 saturated heterocycles. The van der Waals surface area contributed by atoms with Crippen molar-refractivity contribution in [3.05, 3.63) is 65.7 Å². The molecule has 21 heavy (non-hydrogen) atoms. The van der Waals surface area contributed by atoms with E-state index in [4.69, 9.17) is 0 Å². The highest BCUT2D eigenvalue weighted by atomic mass is 16.1. The number of nitrogens with one attached hydrogen (secondary N) is 2. The molecule has 0 bridgehead atoms. The van der Waals surface area contributed by atoms with Gasteiger partial charge in [0.05, 0.1) is 5.56 Å². The molecule has 3 heteroatoms. The normalized spacial score (nSPS) is 10.1.